The summed E-state index contributed by atoms with van der Waals surface area (Å²) in [6.45, 7) is 3.35. The van der Waals surface area contributed by atoms with E-state index in [1.807, 2.05) is 6.07 Å². The number of anilines is 1. The molecule has 1 N–H and O–H groups in total. The van der Waals surface area contributed by atoms with Crippen LogP contribution in [-0.4, -0.2) is 5.91 Å². The third kappa shape index (κ3) is 3.00. The van der Waals surface area contributed by atoms with Crippen molar-refractivity contribution < 1.29 is 4.79 Å². The van der Waals surface area contributed by atoms with Crippen molar-refractivity contribution in [1.29, 1.82) is 0 Å². The van der Waals surface area contributed by atoms with E-state index in [2.05, 4.69) is 34.5 Å². The molecule has 0 aromatic heterocycles. The van der Waals surface area contributed by atoms with Crippen LogP contribution in [0.2, 0.25) is 5.02 Å². The normalized spacial score (nSPS) is 9.38. The number of benzene rings is 1. The van der Waals surface area contributed by atoms with Gasteiger partial charge in [0.25, 0.3) is 0 Å². The molecular weight excluding hydrogens is 300 g/mol. The number of carbonyl (C=O) groups is 1. The highest BCUT2D eigenvalue weighted by Gasteiger charge is 2.02. The Bertz CT molecular complexity index is 351. The van der Waals surface area contributed by atoms with E-state index >= 15 is 0 Å². The van der Waals surface area contributed by atoms with Crippen LogP contribution >= 0.6 is 34.2 Å². The van der Waals surface area contributed by atoms with Gasteiger partial charge in [-0.05, 0) is 46.9 Å². The first-order valence-electron chi connectivity index (χ1n) is 3.52. The summed E-state index contributed by atoms with van der Waals surface area (Å²) >= 11 is 7.99. The molecule has 0 fully saturated rings. The fourth-order valence-corrected chi connectivity index (χ4v) is 1.43. The lowest BCUT2D eigenvalue weighted by atomic mass is 10.3. The molecule has 0 aliphatic rings. The Morgan fingerprint density at radius 2 is 2.31 bits per heavy atom. The molecule has 1 aromatic carbocycles. The molecule has 0 unspecified atom stereocenters. The van der Waals surface area contributed by atoms with Crippen LogP contribution in [0.3, 0.4) is 0 Å². The molecule has 0 bridgehead atoms. The molecule has 1 rings (SSSR count). The predicted molar refractivity (Wildman–Crippen MR) is 63.0 cm³/mol. The summed E-state index contributed by atoms with van der Waals surface area (Å²) in [6, 6.07) is 5.40. The van der Waals surface area contributed by atoms with Gasteiger partial charge in [-0.25, -0.2) is 0 Å². The Balaban J connectivity index is 2.93. The summed E-state index contributed by atoms with van der Waals surface area (Å²) in [5.74, 6) is -0.260. The van der Waals surface area contributed by atoms with Crippen LogP contribution in [-0.2, 0) is 4.79 Å². The summed E-state index contributed by atoms with van der Waals surface area (Å²) in [6.07, 6.45) is 1.20. The number of amides is 1. The van der Waals surface area contributed by atoms with Crippen molar-refractivity contribution in [2.75, 3.05) is 5.32 Å². The minimum Gasteiger partial charge on any atom is -0.321 e. The zero-order valence-corrected chi connectivity index (χ0v) is 9.59. The second kappa shape index (κ2) is 4.62. The third-order valence-corrected chi connectivity index (χ3v) is 2.37. The van der Waals surface area contributed by atoms with E-state index in [0.29, 0.717) is 10.7 Å². The molecule has 0 spiro atoms. The number of rotatable bonds is 2. The minimum absolute atomic E-state index is 0.260. The smallest absolute Gasteiger partial charge is 0.247 e. The SMILES string of the molecule is C=CC(=O)Nc1cc(I)ccc1Cl. The molecule has 0 radical (unpaired) electrons. The Morgan fingerprint density at radius 1 is 1.62 bits per heavy atom. The standard InChI is InChI=1S/C9H7ClINO/c1-2-9(13)12-8-5-6(11)3-4-7(8)10/h2-5H,1H2,(H,12,13). The lowest BCUT2D eigenvalue weighted by Crippen LogP contribution is -2.07. The van der Waals surface area contributed by atoms with Gasteiger partial charge in [-0.3, -0.25) is 4.79 Å². The first-order chi connectivity index (χ1) is 6.13. The molecule has 0 atom stereocenters. The van der Waals surface area contributed by atoms with E-state index in [0.717, 1.165) is 3.57 Å². The highest BCUT2D eigenvalue weighted by Crippen LogP contribution is 2.23. The Kier molecular flexibility index (Phi) is 3.74. The lowest BCUT2D eigenvalue weighted by Gasteiger charge is -2.04. The maximum Gasteiger partial charge on any atom is 0.247 e. The number of hydrogen-bond acceptors (Lipinski definition) is 1. The van der Waals surface area contributed by atoms with E-state index in [4.69, 9.17) is 11.6 Å². The topological polar surface area (TPSA) is 29.1 Å². The van der Waals surface area contributed by atoms with Crippen molar-refractivity contribution in [3.63, 3.8) is 0 Å². The first-order valence-corrected chi connectivity index (χ1v) is 4.97. The summed E-state index contributed by atoms with van der Waals surface area (Å²) in [7, 11) is 0. The fraction of sp³-hybridized carbons (Fsp3) is 0. The van der Waals surface area contributed by atoms with E-state index < -0.39 is 0 Å². The summed E-state index contributed by atoms with van der Waals surface area (Å²) in [5, 5.41) is 3.13. The molecule has 0 heterocycles. The molecule has 0 saturated carbocycles. The van der Waals surface area contributed by atoms with Gasteiger partial charge in [0.1, 0.15) is 0 Å². The Labute approximate surface area is 95.1 Å². The summed E-state index contributed by atoms with van der Waals surface area (Å²) in [4.78, 5) is 11.0. The third-order valence-electron chi connectivity index (χ3n) is 1.37. The zero-order chi connectivity index (χ0) is 9.84. The van der Waals surface area contributed by atoms with E-state index in [1.54, 1.807) is 12.1 Å². The van der Waals surface area contributed by atoms with Gasteiger partial charge >= 0.3 is 0 Å². The molecule has 0 aliphatic carbocycles. The second-order valence-electron chi connectivity index (χ2n) is 2.32. The molecule has 1 amide bonds. The maximum absolute atomic E-state index is 11.0. The average Bonchev–Trinajstić information content (AvgIpc) is 2.11. The van der Waals surface area contributed by atoms with E-state index in [1.165, 1.54) is 6.08 Å². The number of nitrogens with one attached hydrogen (secondary N) is 1. The van der Waals surface area contributed by atoms with Crippen molar-refractivity contribution in [1.82, 2.24) is 0 Å². The Morgan fingerprint density at radius 3 is 2.92 bits per heavy atom. The quantitative estimate of drug-likeness (QED) is 0.660. The molecular formula is C9H7ClINO. The van der Waals surface area contributed by atoms with Crippen molar-refractivity contribution in [2.24, 2.45) is 0 Å². The van der Waals surface area contributed by atoms with Gasteiger partial charge in [0.2, 0.25) is 5.91 Å². The molecule has 0 saturated heterocycles. The van der Waals surface area contributed by atoms with Crippen LogP contribution in [0, 0.1) is 3.57 Å². The van der Waals surface area contributed by atoms with Crippen LogP contribution in [0.5, 0.6) is 0 Å². The largest absolute Gasteiger partial charge is 0.321 e. The van der Waals surface area contributed by atoms with Gasteiger partial charge < -0.3 is 5.32 Å². The van der Waals surface area contributed by atoms with Gasteiger partial charge in [-0.15, -0.1) is 0 Å². The Hall–Kier alpha value is -0.550. The summed E-state index contributed by atoms with van der Waals surface area (Å²) in [5.41, 5.74) is 0.610. The van der Waals surface area contributed by atoms with Crippen molar-refractivity contribution in [3.8, 4) is 0 Å². The molecule has 68 valence electrons. The number of carbonyl (C=O) groups excluding carboxylic acids is 1. The van der Waals surface area contributed by atoms with E-state index in [9.17, 15) is 4.79 Å². The van der Waals surface area contributed by atoms with Crippen LogP contribution in [0.1, 0.15) is 0 Å². The highest BCUT2D eigenvalue weighted by atomic mass is 127. The fourth-order valence-electron chi connectivity index (χ4n) is 0.777. The zero-order valence-electron chi connectivity index (χ0n) is 6.68. The monoisotopic (exact) mass is 307 g/mol. The molecule has 4 heteroatoms. The van der Waals surface area contributed by atoms with Crippen LogP contribution < -0.4 is 5.32 Å². The van der Waals surface area contributed by atoms with Gasteiger partial charge in [-0.2, -0.15) is 0 Å². The minimum atomic E-state index is -0.260. The predicted octanol–water partition coefficient (Wildman–Crippen LogP) is 3.07. The number of halogens is 2. The molecule has 13 heavy (non-hydrogen) atoms. The van der Waals surface area contributed by atoms with Crippen LogP contribution in [0.4, 0.5) is 5.69 Å². The average molecular weight is 308 g/mol. The lowest BCUT2D eigenvalue weighted by molar-refractivity contribution is -0.111. The summed E-state index contributed by atoms with van der Waals surface area (Å²) < 4.78 is 1.02. The van der Waals surface area contributed by atoms with Gasteiger partial charge in [0.15, 0.2) is 0 Å². The second-order valence-corrected chi connectivity index (χ2v) is 3.97. The molecule has 0 aliphatic heterocycles. The van der Waals surface area contributed by atoms with Crippen molar-refractivity contribution in [2.45, 2.75) is 0 Å². The van der Waals surface area contributed by atoms with Gasteiger partial charge in [0.05, 0.1) is 10.7 Å². The van der Waals surface area contributed by atoms with Crippen LogP contribution in [0.15, 0.2) is 30.9 Å². The highest BCUT2D eigenvalue weighted by molar-refractivity contribution is 14.1. The van der Waals surface area contributed by atoms with Crippen molar-refractivity contribution >= 4 is 45.8 Å². The van der Waals surface area contributed by atoms with Gasteiger partial charge in [-0.1, -0.05) is 18.2 Å². The molecule has 2 nitrogen and oxygen atoms in total. The number of hydrogen-bond donors (Lipinski definition) is 1. The van der Waals surface area contributed by atoms with Crippen molar-refractivity contribution in [3.05, 3.63) is 39.4 Å². The van der Waals surface area contributed by atoms with Gasteiger partial charge in [0, 0.05) is 3.57 Å². The maximum atomic E-state index is 11.0. The van der Waals surface area contributed by atoms with E-state index in [-0.39, 0.29) is 5.91 Å². The van der Waals surface area contributed by atoms with Crippen LogP contribution in [0.25, 0.3) is 0 Å². The molecule has 1 aromatic rings. The first kappa shape index (κ1) is 10.5.